The van der Waals surface area contributed by atoms with E-state index in [4.69, 9.17) is 9.66 Å². The van der Waals surface area contributed by atoms with Gasteiger partial charge >= 0.3 is 5.97 Å². The molecule has 0 saturated heterocycles. The molecular formula is C7H14O5S. The Morgan fingerprint density at radius 2 is 1.77 bits per heavy atom. The zero-order valence-electron chi connectivity index (χ0n) is 7.60. The number of carbonyl (C=O) groups is 1. The van der Waals surface area contributed by atoms with Gasteiger partial charge in [0.25, 0.3) is 10.1 Å². The van der Waals surface area contributed by atoms with E-state index >= 15 is 0 Å². The molecule has 0 aliphatic heterocycles. The third-order valence-corrected chi connectivity index (χ3v) is 2.89. The minimum absolute atomic E-state index is 0.0866. The first-order valence-electron chi connectivity index (χ1n) is 3.89. The third-order valence-electron chi connectivity index (χ3n) is 1.94. The highest BCUT2D eigenvalue weighted by Gasteiger charge is 2.20. The van der Waals surface area contributed by atoms with Crippen molar-refractivity contribution in [2.75, 3.05) is 5.75 Å². The zero-order valence-corrected chi connectivity index (χ0v) is 8.41. The summed E-state index contributed by atoms with van der Waals surface area (Å²) in [7, 11) is -4.00. The van der Waals surface area contributed by atoms with Crippen LogP contribution in [-0.2, 0) is 14.9 Å². The van der Waals surface area contributed by atoms with Crippen LogP contribution in [0.2, 0.25) is 0 Å². The Kier molecular flexibility index (Phi) is 4.35. The minimum Gasteiger partial charge on any atom is -0.481 e. The highest BCUT2D eigenvalue weighted by molar-refractivity contribution is 7.85. The van der Waals surface area contributed by atoms with Crippen LogP contribution < -0.4 is 0 Å². The van der Waals surface area contributed by atoms with Crippen LogP contribution in [0.1, 0.15) is 20.3 Å². The third kappa shape index (κ3) is 6.53. The molecule has 0 aromatic rings. The van der Waals surface area contributed by atoms with Gasteiger partial charge in [-0.2, -0.15) is 8.42 Å². The van der Waals surface area contributed by atoms with Crippen LogP contribution in [0, 0.1) is 11.8 Å². The SMILES string of the molecule is CC(CC(=O)O)C(C)CS(=O)(=O)O. The Bertz CT molecular complexity index is 269. The molecular weight excluding hydrogens is 196 g/mol. The standard InChI is InChI=1S/C7H14O5S/c1-5(3-7(8)9)6(2)4-13(10,11)12/h5-6H,3-4H2,1-2H3,(H,8,9)(H,10,11,12). The number of carboxylic acids is 1. The molecule has 2 N–H and O–H groups in total. The summed E-state index contributed by atoms with van der Waals surface area (Å²) in [5.74, 6) is -1.97. The number of hydrogen-bond donors (Lipinski definition) is 2. The highest BCUT2D eigenvalue weighted by Crippen LogP contribution is 2.16. The Labute approximate surface area is 77.5 Å². The second-order valence-corrected chi connectivity index (χ2v) is 4.80. The lowest BCUT2D eigenvalue weighted by atomic mass is 9.95. The molecule has 0 radical (unpaired) electrons. The average Bonchev–Trinajstić information content (AvgIpc) is 1.81. The Hall–Kier alpha value is -0.620. The molecule has 0 aliphatic rings. The molecule has 0 bridgehead atoms. The number of aliphatic carboxylic acids is 1. The summed E-state index contributed by atoms with van der Waals surface area (Å²) in [6.45, 7) is 3.24. The Morgan fingerprint density at radius 3 is 2.08 bits per heavy atom. The summed E-state index contributed by atoms with van der Waals surface area (Å²) in [6.07, 6.45) is -0.0866. The zero-order chi connectivity index (χ0) is 10.6. The summed E-state index contributed by atoms with van der Waals surface area (Å²) in [6, 6.07) is 0. The first-order valence-corrected chi connectivity index (χ1v) is 5.50. The molecule has 13 heavy (non-hydrogen) atoms. The highest BCUT2D eigenvalue weighted by atomic mass is 32.2. The fourth-order valence-electron chi connectivity index (χ4n) is 0.973. The van der Waals surface area contributed by atoms with Crippen LogP contribution >= 0.6 is 0 Å². The molecule has 6 heteroatoms. The predicted molar refractivity (Wildman–Crippen MR) is 47.0 cm³/mol. The Balaban J connectivity index is 4.11. The molecule has 78 valence electrons. The first kappa shape index (κ1) is 12.4. The summed E-state index contributed by atoms with van der Waals surface area (Å²) in [5, 5.41) is 8.42. The van der Waals surface area contributed by atoms with Gasteiger partial charge in [0, 0.05) is 6.42 Å². The van der Waals surface area contributed by atoms with Crippen molar-refractivity contribution in [3.63, 3.8) is 0 Å². The quantitative estimate of drug-likeness (QED) is 0.649. The van der Waals surface area contributed by atoms with Crippen LogP contribution in [0.3, 0.4) is 0 Å². The molecule has 0 amide bonds. The van der Waals surface area contributed by atoms with Crippen LogP contribution in [0.15, 0.2) is 0 Å². The monoisotopic (exact) mass is 210 g/mol. The summed E-state index contributed by atoms with van der Waals surface area (Å²) >= 11 is 0. The molecule has 5 nitrogen and oxygen atoms in total. The molecule has 0 spiro atoms. The maximum atomic E-state index is 10.4. The Morgan fingerprint density at radius 1 is 1.31 bits per heavy atom. The summed E-state index contributed by atoms with van der Waals surface area (Å²) in [4.78, 5) is 10.3. The van der Waals surface area contributed by atoms with Crippen molar-refractivity contribution in [2.45, 2.75) is 20.3 Å². The normalized spacial score (nSPS) is 16.5. The summed E-state index contributed by atoms with van der Waals surface area (Å²) in [5.41, 5.74) is 0. The second-order valence-electron chi connectivity index (χ2n) is 3.30. The van der Waals surface area contributed by atoms with E-state index in [0.29, 0.717) is 0 Å². The minimum atomic E-state index is -4.00. The van der Waals surface area contributed by atoms with E-state index in [1.807, 2.05) is 0 Å². The first-order chi connectivity index (χ1) is 5.72. The van der Waals surface area contributed by atoms with Crippen molar-refractivity contribution >= 4 is 16.1 Å². The molecule has 2 unspecified atom stereocenters. The maximum absolute atomic E-state index is 10.4. The molecule has 0 saturated carbocycles. The van der Waals surface area contributed by atoms with Gasteiger partial charge in [0.05, 0.1) is 5.75 Å². The molecule has 0 aromatic carbocycles. The molecule has 2 atom stereocenters. The van der Waals surface area contributed by atoms with Gasteiger partial charge in [-0.3, -0.25) is 9.35 Å². The van der Waals surface area contributed by atoms with Gasteiger partial charge in [-0.1, -0.05) is 13.8 Å². The second kappa shape index (κ2) is 4.57. The number of rotatable bonds is 5. The van der Waals surface area contributed by atoms with Crippen molar-refractivity contribution in [2.24, 2.45) is 11.8 Å². The fourth-order valence-corrected chi connectivity index (χ4v) is 1.97. The van der Waals surface area contributed by atoms with Gasteiger partial charge < -0.3 is 5.11 Å². The topological polar surface area (TPSA) is 91.7 Å². The van der Waals surface area contributed by atoms with Gasteiger partial charge in [-0.25, -0.2) is 0 Å². The molecule has 0 fully saturated rings. The van der Waals surface area contributed by atoms with E-state index in [2.05, 4.69) is 0 Å². The lowest BCUT2D eigenvalue weighted by Gasteiger charge is -2.15. The van der Waals surface area contributed by atoms with Gasteiger partial charge in [0.2, 0.25) is 0 Å². The number of carboxylic acid groups (broad SMARTS) is 1. The van der Waals surface area contributed by atoms with E-state index in [0.717, 1.165) is 0 Å². The maximum Gasteiger partial charge on any atom is 0.303 e. The average molecular weight is 210 g/mol. The molecule has 0 heterocycles. The van der Waals surface area contributed by atoms with Crippen LogP contribution in [0.5, 0.6) is 0 Å². The lowest BCUT2D eigenvalue weighted by Crippen LogP contribution is -2.21. The smallest absolute Gasteiger partial charge is 0.303 e. The van der Waals surface area contributed by atoms with Crippen LogP contribution in [0.25, 0.3) is 0 Å². The van der Waals surface area contributed by atoms with Gasteiger partial charge in [-0.15, -0.1) is 0 Å². The van der Waals surface area contributed by atoms with Gasteiger partial charge in [0.1, 0.15) is 0 Å². The van der Waals surface area contributed by atoms with E-state index in [-0.39, 0.29) is 24.0 Å². The van der Waals surface area contributed by atoms with Crippen molar-refractivity contribution in [3.8, 4) is 0 Å². The van der Waals surface area contributed by atoms with Crippen molar-refractivity contribution in [1.82, 2.24) is 0 Å². The van der Waals surface area contributed by atoms with Crippen LogP contribution in [-0.4, -0.2) is 29.8 Å². The van der Waals surface area contributed by atoms with Crippen molar-refractivity contribution < 1.29 is 22.9 Å². The molecule has 0 aliphatic carbocycles. The fraction of sp³-hybridized carbons (Fsp3) is 0.857. The largest absolute Gasteiger partial charge is 0.481 e. The van der Waals surface area contributed by atoms with E-state index < -0.39 is 16.1 Å². The van der Waals surface area contributed by atoms with Gasteiger partial charge in [0.15, 0.2) is 0 Å². The summed E-state index contributed by atoms with van der Waals surface area (Å²) < 4.78 is 29.4. The van der Waals surface area contributed by atoms with Crippen molar-refractivity contribution in [3.05, 3.63) is 0 Å². The number of hydrogen-bond acceptors (Lipinski definition) is 3. The van der Waals surface area contributed by atoms with Gasteiger partial charge in [-0.05, 0) is 11.8 Å². The lowest BCUT2D eigenvalue weighted by molar-refractivity contribution is -0.138. The van der Waals surface area contributed by atoms with Crippen LogP contribution in [0.4, 0.5) is 0 Å². The van der Waals surface area contributed by atoms with E-state index in [1.54, 1.807) is 13.8 Å². The predicted octanol–water partition coefficient (Wildman–Crippen LogP) is 0.621. The van der Waals surface area contributed by atoms with E-state index in [1.165, 1.54) is 0 Å². The van der Waals surface area contributed by atoms with E-state index in [9.17, 15) is 13.2 Å². The molecule has 0 rings (SSSR count). The molecule has 0 aromatic heterocycles. The van der Waals surface area contributed by atoms with Crippen molar-refractivity contribution in [1.29, 1.82) is 0 Å².